The molecule has 2 rings (SSSR count). The lowest BCUT2D eigenvalue weighted by molar-refractivity contribution is 1.32. The lowest BCUT2D eigenvalue weighted by Crippen LogP contribution is -2.20. The van der Waals surface area contributed by atoms with E-state index in [-0.39, 0.29) is 0 Å². The van der Waals surface area contributed by atoms with Crippen molar-refractivity contribution in [2.24, 2.45) is 0 Å². The molecule has 0 radical (unpaired) electrons. The van der Waals surface area contributed by atoms with Gasteiger partial charge in [-0.3, -0.25) is 0 Å². The minimum absolute atomic E-state index is 0.499. The first-order valence-corrected chi connectivity index (χ1v) is 6.19. The van der Waals surface area contributed by atoms with Crippen LogP contribution in [-0.4, -0.2) is 10.1 Å². The molecule has 5 heteroatoms. The van der Waals surface area contributed by atoms with Gasteiger partial charge in [0, 0.05) is 11.9 Å². The summed E-state index contributed by atoms with van der Waals surface area (Å²) in [5.41, 5.74) is 2.11. The van der Waals surface area contributed by atoms with Gasteiger partial charge in [0.25, 0.3) is 0 Å². The number of benzene rings is 1. The van der Waals surface area contributed by atoms with Crippen LogP contribution in [0.25, 0.3) is 0 Å². The predicted octanol–water partition coefficient (Wildman–Crippen LogP) is 3.85. The van der Waals surface area contributed by atoms with E-state index in [9.17, 15) is 0 Å². The van der Waals surface area contributed by atoms with Crippen LogP contribution in [0.5, 0.6) is 0 Å². The number of nitrogens with one attached hydrogen (secondary N) is 2. The van der Waals surface area contributed by atoms with Crippen LogP contribution < -0.4 is 10.6 Å². The van der Waals surface area contributed by atoms with Gasteiger partial charge in [-0.1, -0.05) is 29.8 Å². The van der Waals surface area contributed by atoms with E-state index in [4.69, 9.17) is 23.8 Å². The Morgan fingerprint density at radius 2 is 1.94 bits per heavy atom. The normalized spacial score (nSPS) is 9.89. The Morgan fingerprint density at radius 1 is 1.17 bits per heavy atom. The monoisotopic (exact) mass is 277 g/mol. The zero-order valence-electron chi connectivity index (χ0n) is 9.77. The molecule has 0 aliphatic rings. The van der Waals surface area contributed by atoms with Crippen LogP contribution in [0.15, 0.2) is 42.6 Å². The molecule has 2 aromatic rings. The van der Waals surface area contributed by atoms with Crippen LogP contribution >= 0.6 is 23.8 Å². The van der Waals surface area contributed by atoms with E-state index in [1.807, 2.05) is 31.2 Å². The molecule has 1 heterocycles. The lowest BCUT2D eigenvalue weighted by atomic mass is 10.2. The van der Waals surface area contributed by atoms with E-state index in [0.717, 1.165) is 11.3 Å². The van der Waals surface area contributed by atoms with E-state index in [0.29, 0.717) is 16.0 Å². The van der Waals surface area contributed by atoms with E-state index >= 15 is 0 Å². The Kier molecular flexibility index (Phi) is 4.12. The molecule has 0 saturated heterocycles. The molecule has 2 N–H and O–H groups in total. The summed E-state index contributed by atoms with van der Waals surface area (Å²) in [6, 6.07) is 11.5. The second-order valence-corrected chi connectivity index (χ2v) is 4.60. The molecule has 0 unspecified atom stereocenters. The van der Waals surface area contributed by atoms with Crippen molar-refractivity contribution in [3.63, 3.8) is 0 Å². The number of pyridine rings is 1. The number of aryl methyl sites for hydroxylation is 1. The molecular formula is C13H12ClN3S. The molecule has 3 nitrogen and oxygen atoms in total. The zero-order chi connectivity index (χ0) is 13.0. The number of aromatic nitrogens is 1. The fourth-order valence-corrected chi connectivity index (χ4v) is 1.76. The molecule has 0 aliphatic carbocycles. The van der Waals surface area contributed by atoms with Gasteiger partial charge in [-0.25, -0.2) is 4.98 Å². The Bertz CT molecular complexity index is 554. The highest BCUT2D eigenvalue weighted by Gasteiger charge is 2.01. The first kappa shape index (κ1) is 12.8. The van der Waals surface area contributed by atoms with Gasteiger partial charge >= 0.3 is 0 Å². The highest BCUT2D eigenvalue weighted by Crippen LogP contribution is 2.14. The summed E-state index contributed by atoms with van der Waals surface area (Å²) in [4.78, 5) is 4.11. The molecule has 0 atom stereocenters. The molecule has 0 spiro atoms. The van der Waals surface area contributed by atoms with Crippen molar-refractivity contribution >= 4 is 40.4 Å². The van der Waals surface area contributed by atoms with Gasteiger partial charge in [-0.05, 0) is 42.9 Å². The molecule has 1 aromatic carbocycles. The first-order valence-electron chi connectivity index (χ1n) is 5.40. The van der Waals surface area contributed by atoms with Gasteiger partial charge in [-0.2, -0.15) is 0 Å². The molecule has 0 aliphatic heterocycles. The molecular weight excluding hydrogens is 266 g/mol. The van der Waals surface area contributed by atoms with Gasteiger partial charge in [0.05, 0.1) is 5.02 Å². The van der Waals surface area contributed by atoms with Crippen LogP contribution in [0, 0.1) is 6.92 Å². The number of nitrogens with zero attached hydrogens (tertiary/aromatic N) is 1. The van der Waals surface area contributed by atoms with Gasteiger partial charge in [0.15, 0.2) is 5.11 Å². The quantitative estimate of drug-likeness (QED) is 0.818. The smallest absolute Gasteiger partial charge is 0.176 e. The summed E-state index contributed by atoms with van der Waals surface area (Å²) >= 11 is 11.0. The number of rotatable bonds is 2. The molecule has 1 aromatic heterocycles. The van der Waals surface area contributed by atoms with E-state index < -0.39 is 0 Å². The van der Waals surface area contributed by atoms with Crippen LogP contribution in [-0.2, 0) is 0 Å². The fourth-order valence-electron chi connectivity index (χ4n) is 1.43. The zero-order valence-corrected chi connectivity index (χ0v) is 11.3. The van der Waals surface area contributed by atoms with Gasteiger partial charge in [0.2, 0.25) is 0 Å². The largest absolute Gasteiger partial charge is 0.332 e. The van der Waals surface area contributed by atoms with Gasteiger partial charge < -0.3 is 10.6 Å². The third-order valence-corrected chi connectivity index (χ3v) is 2.79. The van der Waals surface area contributed by atoms with Crippen molar-refractivity contribution in [3.05, 3.63) is 53.2 Å². The Labute approximate surface area is 116 Å². The standard InChI is InChI=1S/C13H12ClN3S/c1-9-4-2-3-5-11(9)16-13(18)17-12-7-6-10(14)8-15-12/h2-8H,1H3,(H2,15,16,17,18). The average Bonchev–Trinajstić information content (AvgIpc) is 2.35. The van der Waals surface area contributed by atoms with E-state index in [2.05, 4.69) is 15.6 Å². The number of para-hydroxylation sites is 1. The summed E-state index contributed by atoms with van der Waals surface area (Å²) in [6.07, 6.45) is 1.57. The lowest BCUT2D eigenvalue weighted by Gasteiger charge is -2.11. The molecule has 18 heavy (non-hydrogen) atoms. The van der Waals surface area contributed by atoms with Gasteiger partial charge in [0.1, 0.15) is 5.82 Å². The average molecular weight is 278 g/mol. The van der Waals surface area contributed by atoms with Crippen molar-refractivity contribution in [2.45, 2.75) is 6.92 Å². The van der Waals surface area contributed by atoms with Gasteiger partial charge in [-0.15, -0.1) is 0 Å². The second kappa shape index (κ2) is 5.80. The van der Waals surface area contributed by atoms with Crippen LogP contribution in [0.4, 0.5) is 11.5 Å². The van der Waals surface area contributed by atoms with E-state index in [1.54, 1.807) is 18.3 Å². The number of halogens is 1. The summed E-state index contributed by atoms with van der Waals surface area (Å²) in [5, 5.41) is 7.21. The summed E-state index contributed by atoms with van der Waals surface area (Å²) < 4.78 is 0. The van der Waals surface area contributed by atoms with Crippen LogP contribution in [0.2, 0.25) is 5.02 Å². The number of hydrogen-bond acceptors (Lipinski definition) is 2. The van der Waals surface area contributed by atoms with Crippen LogP contribution in [0.3, 0.4) is 0 Å². The SMILES string of the molecule is Cc1ccccc1NC(=S)Nc1ccc(Cl)cn1. The number of hydrogen-bond donors (Lipinski definition) is 2. The summed E-state index contributed by atoms with van der Waals surface area (Å²) in [7, 11) is 0. The minimum Gasteiger partial charge on any atom is -0.332 e. The van der Waals surface area contributed by atoms with Crippen molar-refractivity contribution in [1.82, 2.24) is 4.98 Å². The Hall–Kier alpha value is -1.65. The molecule has 0 saturated carbocycles. The number of thiocarbonyl (C=S) groups is 1. The van der Waals surface area contributed by atoms with Crippen molar-refractivity contribution < 1.29 is 0 Å². The molecule has 0 bridgehead atoms. The fraction of sp³-hybridized carbons (Fsp3) is 0.0769. The molecule has 0 amide bonds. The second-order valence-electron chi connectivity index (χ2n) is 3.76. The highest BCUT2D eigenvalue weighted by molar-refractivity contribution is 7.80. The Morgan fingerprint density at radius 3 is 2.61 bits per heavy atom. The van der Waals surface area contributed by atoms with Crippen molar-refractivity contribution in [2.75, 3.05) is 10.6 Å². The minimum atomic E-state index is 0.499. The maximum absolute atomic E-state index is 5.76. The van der Waals surface area contributed by atoms with Crippen LogP contribution in [0.1, 0.15) is 5.56 Å². The first-order chi connectivity index (χ1) is 8.65. The molecule has 0 fully saturated rings. The maximum Gasteiger partial charge on any atom is 0.176 e. The van der Waals surface area contributed by atoms with E-state index in [1.165, 1.54) is 0 Å². The Balaban J connectivity index is 2.01. The number of anilines is 2. The summed E-state index contributed by atoms with van der Waals surface area (Å²) in [5.74, 6) is 0.658. The van der Waals surface area contributed by atoms with Crippen molar-refractivity contribution in [3.8, 4) is 0 Å². The molecule has 92 valence electrons. The maximum atomic E-state index is 5.76. The third-order valence-electron chi connectivity index (χ3n) is 2.36. The topological polar surface area (TPSA) is 37.0 Å². The summed E-state index contributed by atoms with van der Waals surface area (Å²) in [6.45, 7) is 2.02. The van der Waals surface area contributed by atoms with Crippen molar-refractivity contribution in [1.29, 1.82) is 0 Å². The third kappa shape index (κ3) is 3.42. The predicted molar refractivity (Wildman–Crippen MR) is 80.3 cm³/mol. The highest BCUT2D eigenvalue weighted by atomic mass is 35.5.